The monoisotopic (exact) mass is 390 g/mol. The topological polar surface area (TPSA) is 75.3 Å². The number of carbonyl (C=O) groups is 1. The summed E-state index contributed by atoms with van der Waals surface area (Å²) in [5, 5.41) is 2.73. The van der Waals surface area contributed by atoms with E-state index in [-0.39, 0.29) is 10.8 Å². The van der Waals surface area contributed by atoms with Crippen molar-refractivity contribution in [2.75, 3.05) is 11.9 Å². The number of halogens is 3. The van der Waals surface area contributed by atoms with E-state index >= 15 is 0 Å². The number of fused-ring (bicyclic) bond motifs is 2. The van der Waals surface area contributed by atoms with Crippen molar-refractivity contribution in [2.24, 2.45) is 17.8 Å². The van der Waals surface area contributed by atoms with Crippen LogP contribution >= 0.6 is 0 Å². The molecule has 26 heavy (non-hydrogen) atoms. The van der Waals surface area contributed by atoms with E-state index in [0.29, 0.717) is 23.9 Å². The second kappa shape index (κ2) is 7.19. The van der Waals surface area contributed by atoms with Crippen molar-refractivity contribution >= 4 is 21.6 Å². The summed E-state index contributed by atoms with van der Waals surface area (Å²) >= 11 is 0. The quantitative estimate of drug-likeness (QED) is 0.783. The molecule has 0 aliphatic heterocycles. The molecule has 1 aromatic carbocycles. The molecular formula is C17H21F3N2O3S. The Bertz CT molecular complexity index is 762. The number of anilines is 1. The first-order valence-corrected chi connectivity index (χ1v) is 10.1. The van der Waals surface area contributed by atoms with E-state index in [1.54, 1.807) is 0 Å². The fourth-order valence-electron chi connectivity index (χ4n) is 4.05. The van der Waals surface area contributed by atoms with Crippen molar-refractivity contribution in [1.29, 1.82) is 0 Å². The van der Waals surface area contributed by atoms with Gasteiger partial charge in [0.05, 0.1) is 4.90 Å². The van der Waals surface area contributed by atoms with Crippen LogP contribution in [0.25, 0.3) is 0 Å². The summed E-state index contributed by atoms with van der Waals surface area (Å²) < 4.78 is 61.6. The highest BCUT2D eigenvalue weighted by Crippen LogP contribution is 2.49. The van der Waals surface area contributed by atoms with Gasteiger partial charge in [-0.3, -0.25) is 4.79 Å². The van der Waals surface area contributed by atoms with Crippen molar-refractivity contribution in [3.63, 3.8) is 0 Å². The molecule has 0 unspecified atom stereocenters. The molecule has 144 valence electrons. The number of sulfonamides is 1. The van der Waals surface area contributed by atoms with Crippen LogP contribution in [0.4, 0.5) is 18.9 Å². The number of alkyl halides is 3. The lowest BCUT2D eigenvalue weighted by molar-refractivity contribution is -0.121. The highest BCUT2D eigenvalue weighted by atomic mass is 32.2. The lowest BCUT2D eigenvalue weighted by Crippen LogP contribution is -2.33. The Morgan fingerprint density at radius 3 is 2.35 bits per heavy atom. The number of hydrogen-bond acceptors (Lipinski definition) is 3. The van der Waals surface area contributed by atoms with Crippen molar-refractivity contribution in [2.45, 2.75) is 43.2 Å². The van der Waals surface area contributed by atoms with Gasteiger partial charge in [0.2, 0.25) is 15.9 Å². The third-order valence-corrected chi connectivity index (χ3v) is 6.66. The fraction of sp³-hybridized carbons (Fsp3) is 0.588. The molecule has 2 bridgehead atoms. The first kappa shape index (κ1) is 19.2. The van der Waals surface area contributed by atoms with E-state index in [9.17, 15) is 26.4 Å². The molecule has 0 saturated heterocycles. The maximum absolute atomic E-state index is 12.2. The summed E-state index contributed by atoms with van der Waals surface area (Å²) in [5.41, 5.74) is 0.424. The zero-order valence-corrected chi connectivity index (χ0v) is 14.9. The Hall–Kier alpha value is -1.61. The molecule has 2 aliphatic rings. The summed E-state index contributed by atoms with van der Waals surface area (Å²) in [6.45, 7) is -1.63. The van der Waals surface area contributed by atoms with E-state index in [0.717, 1.165) is 12.3 Å². The molecule has 0 radical (unpaired) electrons. The van der Waals surface area contributed by atoms with E-state index in [1.165, 1.54) is 48.3 Å². The zero-order chi connectivity index (χ0) is 18.9. The third kappa shape index (κ3) is 4.76. The molecule has 3 rings (SSSR count). The molecule has 0 spiro atoms. The van der Waals surface area contributed by atoms with Gasteiger partial charge < -0.3 is 5.32 Å². The van der Waals surface area contributed by atoms with Crippen LogP contribution in [0.1, 0.15) is 32.1 Å². The average Bonchev–Trinajstić information content (AvgIpc) is 3.16. The summed E-state index contributed by atoms with van der Waals surface area (Å²) in [4.78, 5) is 11.9. The van der Waals surface area contributed by atoms with Gasteiger partial charge in [-0.15, -0.1) is 0 Å². The van der Waals surface area contributed by atoms with Crippen LogP contribution in [0.2, 0.25) is 0 Å². The first-order valence-electron chi connectivity index (χ1n) is 8.59. The molecular weight excluding hydrogens is 369 g/mol. The van der Waals surface area contributed by atoms with Crippen LogP contribution in [0.15, 0.2) is 29.2 Å². The van der Waals surface area contributed by atoms with Crippen molar-refractivity contribution in [1.82, 2.24) is 4.72 Å². The predicted octanol–water partition coefficient (Wildman–Crippen LogP) is 3.29. The van der Waals surface area contributed by atoms with Crippen LogP contribution in [0, 0.1) is 17.8 Å². The Labute approximate surface area is 150 Å². The van der Waals surface area contributed by atoms with Crippen LogP contribution in [-0.2, 0) is 14.8 Å². The summed E-state index contributed by atoms with van der Waals surface area (Å²) in [6, 6.07) is 5.10. The lowest BCUT2D eigenvalue weighted by atomic mass is 9.86. The molecule has 9 heteroatoms. The molecule has 2 fully saturated rings. The average molecular weight is 390 g/mol. The van der Waals surface area contributed by atoms with Gasteiger partial charge in [-0.05, 0) is 61.3 Å². The minimum atomic E-state index is -4.62. The second-order valence-corrected chi connectivity index (χ2v) is 8.92. The van der Waals surface area contributed by atoms with Gasteiger partial charge in [0.25, 0.3) is 0 Å². The molecule has 5 nitrogen and oxygen atoms in total. The van der Waals surface area contributed by atoms with Gasteiger partial charge in [-0.1, -0.05) is 6.42 Å². The van der Waals surface area contributed by atoms with E-state index in [2.05, 4.69) is 5.32 Å². The molecule has 0 aromatic heterocycles. The summed E-state index contributed by atoms with van der Waals surface area (Å²) in [6.07, 6.45) is 0.603. The lowest BCUT2D eigenvalue weighted by Gasteiger charge is -2.20. The number of benzene rings is 1. The number of hydrogen-bond donors (Lipinski definition) is 2. The normalized spacial score (nSPS) is 25.4. The van der Waals surface area contributed by atoms with Crippen LogP contribution < -0.4 is 10.0 Å². The Kier molecular flexibility index (Phi) is 5.30. The van der Waals surface area contributed by atoms with Gasteiger partial charge >= 0.3 is 6.18 Å². The predicted molar refractivity (Wildman–Crippen MR) is 89.9 cm³/mol. The Morgan fingerprint density at radius 2 is 1.81 bits per heavy atom. The van der Waals surface area contributed by atoms with Gasteiger partial charge in [0.1, 0.15) is 6.54 Å². The van der Waals surface area contributed by atoms with Crippen LogP contribution in [0.5, 0.6) is 0 Å². The fourth-order valence-corrected chi connectivity index (χ4v) is 5.07. The molecule has 2 aliphatic carbocycles. The van der Waals surface area contributed by atoms with Gasteiger partial charge in [0.15, 0.2) is 0 Å². The van der Waals surface area contributed by atoms with E-state index in [4.69, 9.17) is 0 Å². The molecule has 2 saturated carbocycles. The molecule has 1 aromatic rings. The van der Waals surface area contributed by atoms with Gasteiger partial charge in [0, 0.05) is 12.1 Å². The first-order chi connectivity index (χ1) is 12.1. The minimum absolute atomic E-state index is 0.117. The largest absolute Gasteiger partial charge is 0.402 e. The smallest absolute Gasteiger partial charge is 0.326 e. The van der Waals surface area contributed by atoms with Crippen molar-refractivity contribution in [3.8, 4) is 0 Å². The molecule has 2 N–H and O–H groups in total. The van der Waals surface area contributed by atoms with Crippen LogP contribution in [-0.4, -0.2) is 27.0 Å². The molecule has 1 amide bonds. The second-order valence-electron chi connectivity index (χ2n) is 7.15. The number of nitrogens with one attached hydrogen (secondary N) is 2. The Balaban J connectivity index is 1.54. The highest BCUT2D eigenvalue weighted by molar-refractivity contribution is 7.89. The van der Waals surface area contributed by atoms with Crippen molar-refractivity contribution in [3.05, 3.63) is 24.3 Å². The number of rotatable bonds is 6. The SMILES string of the molecule is O=C(C[C@@H]1C[C@@H]2CC[C@@H]1C2)Nc1ccc(S(=O)(=O)NCC(F)(F)F)cc1. The van der Waals surface area contributed by atoms with Gasteiger partial charge in [-0.25, -0.2) is 13.1 Å². The van der Waals surface area contributed by atoms with Crippen molar-refractivity contribution < 1.29 is 26.4 Å². The van der Waals surface area contributed by atoms with E-state index in [1.807, 2.05) is 0 Å². The third-order valence-electron chi connectivity index (χ3n) is 5.24. The van der Waals surface area contributed by atoms with Gasteiger partial charge in [-0.2, -0.15) is 13.2 Å². The highest BCUT2D eigenvalue weighted by Gasteiger charge is 2.40. The maximum atomic E-state index is 12.2. The minimum Gasteiger partial charge on any atom is -0.326 e. The number of amides is 1. The number of carbonyl (C=O) groups excluding carboxylic acids is 1. The van der Waals surface area contributed by atoms with E-state index < -0.39 is 22.7 Å². The molecule has 3 atom stereocenters. The standard InChI is InChI=1S/C17H21F3N2O3S/c18-17(19,20)10-21-26(24,25)15-5-3-14(4-6-15)22-16(23)9-13-8-11-1-2-12(13)7-11/h3-6,11-13,21H,1-2,7-10H2,(H,22,23)/t11-,12-,13+/m1/s1. The summed E-state index contributed by atoms with van der Waals surface area (Å²) in [5.74, 6) is 1.69. The molecule has 0 heterocycles. The Morgan fingerprint density at radius 1 is 1.12 bits per heavy atom. The van der Waals surface area contributed by atoms with Crippen LogP contribution in [0.3, 0.4) is 0 Å². The maximum Gasteiger partial charge on any atom is 0.402 e. The zero-order valence-electron chi connectivity index (χ0n) is 14.1. The summed E-state index contributed by atoms with van der Waals surface area (Å²) in [7, 11) is -4.25.